The molecule has 0 radical (unpaired) electrons. The van der Waals surface area contributed by atoms with Crippen molar-refractivity contribution in [1.82, 2.24) is 4.98 Å². The summed E-state index contributed by atoms with van der Waals surface area (Å²) in [6.45, 7) is 4.49. The summed E-state index contributed by atoms with van der Waals surface area (Å²) in [7, 11) is 0. The summed E-state index contributed by atoms with van der Waals surface area (Å²) in [5, 5.41) is 3.48. The highest BCUT2D eigenvalue weighted by Gasteiger charge is 2.37. The van der Waals surface area contributed by atoms with E-state index < -0.39 is 0 Å². The van der Waals surface area contributed by atoms with E-state index in [-0.39, 0.29) is 5.54 Å². The Morgan fingerprint density at radius 1 is 1.43 bits per heavy atom. The summed E-state index contributed by atoms with van der Waals surface area (Å²) >= 11 is 3.38. The smallest absolute Gasteiger partial charge is 0.126 e. The molecule has 1 heterocycles. The largest absolute Gasteiger partial charge is 0.365 e. The van der Waals surface area contributed by atoms with E-state index in [1.54, 1.807) is 0 Å². The SMILES string of the molecule is CC(C)(Nc1ccc(Br)cn1)C1CC1. The number of anilines is 1. The van der Waals surface area contributed by atoms with Crippen molar-refractivity contribution in [2.45, 2.75) is 32.2 Å². The van der Waals surface area contributed by atoms with E-state index in [1.807, 2.05) is 18.3 Å². The van der Waals surface area contributed by atoms with Crippen LogP contribution in [0.5, 0.6) is 0 Å². The average Bonchev–Trinajstić information content (AvgIpc) is 2.91. The molecule has 0 bridgehead atoms. The molecule has 0 saturated heterocycles. The van der Waals surface area contributed by atoms with Gasteiger partial charge in [-0.1, -0.05) is 0 Å². The minimum absolute atomic E-state index is 0.181. The van der Waals surface area contributed by atoms with Gasteiger partial charge in [0, 0.05) is 16.2 Å². The molecule has 1 aliphatic rings. The highest BCUT2D eigenvalue weighted by molar-refractivity contribution is 9.10. The molecule has 0 aromatic carbocycles. The highest BCUT2D eigenvalue weighted by Crippen LogP contribution is 2.40. The molecule has 1 saturated carbocycles. The minimum Gasteiger partial charge on any atom is -0.365 e. The number of hydrogen-bond donors (Lipinski definition) is 1. The van der Waals surface area contributed by atoms with E-state index in [4.69, 9.17) is 0 Å². The van der Waals surface area contributed by atoms with Crippen LogP contribution in [0.15, 0.2) is 22.8 Å². The number of rotatable bonds is 3. The van der Waals surface area contributed by atoms with Crippen molar-refractivity contribution in [3.05, 3.63) is 22.8 Å². The van der Waals surface area contributed by atoms with Crippen LogP contribution >= 0.6 is 15.9 Å². The van der Waals surface area contributed by atoms with Gasteiger partial charge in [0.1, 0.15) is 5.82 Å². The quantitative estimate of drug-likeness (QED) is 0.894. The fraction of sp³-hybridized carbons (Fsp3) is 0.545. The van der Waals surface area contributed by atoms with Crippen molar-refractivity contribution in [2.24, 2.45) is 5.92 Å². The fourth-order valence-corrected chi connectivity index (χ4v) is 1.92. The van der Waals surface area contributed by atoms with Crippen LogP contribution in [0, 0.1) is 5.92 Å². The van der Waals surface area contributed by atoms with Gasteiger partial charge in [-0.3, -0.25) is 0 Å². The Hall–Kier alpha value is -0.570. The van der Waals surface area contributed by atoms with Crippen molar-refractivity contribution in [1.29, 1.82) is 0 Å². The molecule has 1 aromatic heterocycles. The fourth-order valence-electron chi connectivity index (χ4n) is 1.69. The van der Waals surface area contributed by atoms with Gasteiger partial charge >= 0.3 is 0 Å². The zero-order chi connectivity index (χ0) is 10.2. The third-order valence-corrected chi connectivity index (χ3v) is 3.24. The molecule has 1 N–H and O–H groups in total. The Morgan fingerprint density at radius 3 is 2.64 bits per heavy atom. The van der Waals surface area contributed by atoms with Gasteiger partial charge in [0.2, 0.25) is 0 Å². The number of nitrogens with zero attached hydrogens (tertiary/aromatic N) is 1. The highest BCUT2D eigenvalue weighted by atomic mass is 79.9. The average molecular weight is 255 g/mol. The molecular weight excluding hydrogens is 240 g/mol. The lowest BCUT2D eigenvalue weighted by molar-refractivity contribution is 0.492. The van der Waals surface area contributed by atoms with Crippen molar-refractivity contribution >= 4 is 21.7 Å². The van der Waals surface area contributed by atoms with E-state index in [9.17, 15) is 0 Å². The third-order valence-electron chi connectivity index (χ3n) is 2.78. The summed E-state index contributed by atoms with van der Waals surface area (Å²) in [6.07, 6.45) is 4.51. The third kappa shape index (κ3) is 2.27. The van der Waals surface area contributed by atoms with E-state index in [1.165, 1.54) is 12.8 Å². The van der Waals surface area contributed by atoms with E-state index in [0.717, 1.165) is 16.2 Å². The molecular formula is C11H15BrN2. The molecule has 0 atom stereocenters. The predicted molar refractivity (Wildman–Crippen MR) is 62.4 cm³/mol. The van der Waals surface area contributed by atoms with Crippen LogP contribution in [0.4, 0.5) is 5.82 Å². The maximum absolute atomic E-state index is 4.32. The second kappa shape index (κ2) is 3.54. The molecule has 0 amide bonds. The number of pyridine rings is 1. The topological polar surface area (TPSA) is 24.9 Å². The summed E-state index contributed by atoms with van der Waals surface area (Å²) in [6, 6.07) is 4.02. The number of hydrogen-bond acceptors (Lipinski definition) is 2. The van der Waals surface area contributed by atoms with Gasteiger partial charge in [-0.15, -0.1) is 0 Å². The monoisotopic (exact) mass is 254 g/mol. The molecule has 1 aromatic rings. The lowest BCUT2D eigenvalue weighted by Gasteiger charge is -2.26. The minimum atomic E-state index is 0.181. The molecule has 1 fully saturated rings. The van der Waals surface area contributed by atoms with Gasteiger partial charge in [-0.2, -0.15) is 0 Å². The van der Waals surface area contributed by atoms with E-state index in [0.29, 0.717) is 0 Å². The second-order valence-electron chi connectivity index (χ2n) is 4.48. The van der Waals surface area contributed by atoms with Crippen LogP contribution in [-0.2, 0) is 0 Å². The first-order chi connectivity index (χ1) is 6.58. The van der Waals surface area contributed by atoms with Gasteiger partial charge in [0.05, 0.1) is 0 Å². The predicted octanol–water partition coefficient (Wildman–Crippen LogP) is 3.44. The summed E-state index contributed by atoms with van der Waals surface area (Å²) in [5.41, 5.74) is 0.181. The number of halogens is 1. The summed E-state index contributed by atoms with van der Waals surface area (Å²) < 4.78 is 1.02. The molecule has 0 aliphatic heterocycles. The first kappa shape index (κ1) is 9.97. The van der Waals surface area contributed by atoms with Crippen LogP contribution in [0.3, 0.4) is 0 Å². The van der Waals surface area contributed by atoms with E-state index in [2.05, 4.69) is 40.1 Å². The van der Waals surface area contributed by atoms with Gasteiger partial charge in [-0.05, 0) is 60.7 Å². The Morgan fingerprint density at radius 2 is 2.14 bits per heavy atom. The lowest BCUT2D eigenvalue weighted by Crippen LogP contribution is -2.33. The standard InChI is InChI=1S/C11H15BrN2/c1-11(2,8-3-4-8)14-10-6-5-9(12)7-13-10/h5-8H,3-4H2,1-2H3,(H,13,14). The van der Waals surface area contributed by atoms with Crippen LogP contribution < -0.4 is 5.32 Å². The Balaban J connectivity index is 2.06. The lowest BCUT2D eigenvalue weighted by atomic mass is 9.99. The van der Waals surface area contributed by atoms with Crippen LogP contribution in [0.1, 0.15) is 26.7 Å². The normalized spacial score (nSPS) is 16.8. The zero-order valence-corrected chi connectivity index (χ0v) is 10.1. The Kier molecular flexibility index (Phi) is 2.52. The molecule has 14 heavy (non-hydrogen) atoms. The maximum atomic E-state index is 4.32. The van der Waals surface area contributed by atoms with E-state index >= 15 is 0 Å². The molecule has 76 valence electrons. The van der Waals surface area contributed by atoms with Gasteiger partial charge in [-0.25, -0.2) is 4.98 Å². The molecule has 0 spiro atoms. The van der Waals surface area contributed by atoms with Crippen LogP contribution in [-0.4, -0.2) is 10.5 Å². The van der Waals surface area contributed by atoms with Crippen LogP contribution in [0.25, 0.3) is 0 Å². The van der Waals surface area contributed by atoms with Crippen molar-refractivity contribution in [3.63, 3.8) is 0 Å². The Bertz CT molecular complexity index is 315. The van der Waals surface area contributed by atoms with Gasteiger partial charge in [0.15, 0.2) is 0 Å². The number of aromatic nitrogens is 1. The van der Waals surface area contributed by atoms with Gasteiger partial charge in [0.25, 0.3) is 0 Å². The molecule has 2 rings (SSSR count). The van der Waals surface area contributed by atoms with Gasteiger partial charge < -0.3 is 5.32 Å². The molecule has 3 heteroatoms. The maximum Gasteiger partial charge on any atom is 0.126 e. The molecule has 2 nitrogen and oxygen atoms in total. The molecule has 1 aliphatic carbocycles. The first-order valence-electron chi connectivity index (χ1n) is 4.98. The van der Waals surface area contributed by atoms with Crippen molar-refractivity contribution in [2.75, 3.05) is 5.32 Å². The summed E-state index contributed by atoms with van der Waals surface area (Å²) in [5.74, 6) is 1.78. The summed E-state index contributed by atoms with van der Waals surface area (Å²) in [4.78, 5) is 4.32. The second-order valence-corrected chi connectivity index (χ2v) is 5.40. The van der Waals surface area contributed by atoms with Crippen molar-refractivity contribution in [3.8, 4) is 0 Å². The molecule has 0 unspecified atom stereocenters. The first-order valence-corrected chi connectivity index (χ1v) is 5.77. The zero-order valence-electron chi connectivity index (χ0n) is 8.55. The van der Waals surface area contributed by atoms with Crippen molar-refractivity contribution < 1.29 is 0 Å². The number of nitrogens with one attached hydrogen (secondary N) is 1. The Labute approximate surface area is 93.3 Å². The van der Waals surface area contributed by atoms with Crippen LogP contribution in [0.2, 0.25) is 0 Å².